The summed E-state index contributed by atoms with van der Waals surface area (Å²) in [6, 6.07) is 9.98. The van der Waals surface area contributed by atoms with Gasteiger partial charge in [0.15, 0.2) is 11.5 Å². The maximum atomic E-state index is 12.8. The summed E-state index contributed by atoms with van der Waals surface area (Å²) in [5, 5.41) is 5.90. The molecule has 7 heteroatoms. The molecule has 0 spiro atoms. The van der Waals surface area contributed by atoms with Gasteiger partial charge in [0.25, 0.3) is 11.8 Å². The van der Waals surface area contributed by atoms with Crippen LogP contribution in [0.3, 0.4) is 0 Å². The molecular formula is C22H27ClN2O4. The molecule has 0 heterocycles. The van der Waals surface area contributed by atoms with E-state index in [9.17, 15) is 9.59 Å². The lowest BCUT2D eigenvalue weighted by Gasteiger charge is -2.15. The highest BCUT2D eigenvalue weighted by Crippen LogP contribution is 2.37. The number of hydrogen-bond donors (Lipinski definition) is 2. The molecule has 2 aromatic rings. The van der Waals surface area contributed by atoms with Crippen molar-refractivity contribution in [3.05, 3.63) is 52.5 Å². The first-order chi connectivity index (χ1) is 14.0. The first-order valence-corrected chi connectivity index (χ1v) is 10.2. The lowest BCUT2D eigenvalue weighted by molar-refractivity contribution is 0.0954. The third kappa shape index (κ3) is 6.12. The number of anilines is 1. The molecule has 2 amide bonds. The van der Waals surface area contributed by atoms with Gasteiger partial charge in [-0.05, 0) is 44.0 Å². The fourth-order valence-electron chi connectivity index (χ4n) is 2.62. The van der Waals surface area contributed by atoms with Crippen molar-refractivity contribution in [1.82, 2.24) is 5.32 Å². The van der Waals surface area contributed by atoms with Crippen molar-refractivity contribution in [3.63, 3.8) is 0 Å². The second-order valence-corrected chi connectivity index (χ2v) is 6.73. The van der Waals surface area contributed by atoms with E-state index in [1.165, 1.54) is 6.07 Å². The SMILES string of the molecule is CCCNC(=O)c1ccccc1NC(=O)c1cc(Cl)c(OCCC)c(OCC)c1. The molecule has 0 fully saturated rings. The fraction of sp³-hybridized carbons (Fsp3) is 0.364. The number of rotatable bonds is 10. The Morgan fingerprint density at radius 2 is 1.76 bits per heavy atom. The highest BCUT2D eigenvalue weighted by molar-refractivity contribution is 6.32. The summed E-state index contributed by atoms with van der Waals surface area (Å²) in [7, 11) is 0. The summed E-state index contributed by atoms with van der Waals surface area (Å²) in [4.78, 5) is 25.2. The topological polar surface area (TPSA) is 76.7 Å². The Kier molecular flexibility index (Phi) is 8.80. The predicted octanol–water partition coefficient (Wildman–Crippen LogP) is 4.92. The van der Waals surface area contributed by atoms with E-state index in [0.717, 1.165) is 12.8 Å². The Labute approximate surface area is 176 Å². The average Bonchev–Trinajstić information content (AvgIpc) is 2.71. The first-order valence-electron chi connectivity index (χ1n) is 9.79. The molecule has 29 heavy (non-hydrogen) atoms. The normalized spacial score (nSPS) is 10.3. The van der Waals surface area contributed by atoms with Crippen LogP contribution in [0.4, 0.5) is 5.69 Å². The fourth-order valence-corrected chi connectivity index (χ4v) is 2.89. The minimum absolute atomic E-state index is 0.237. The molecule has 0 aliphatic rings. The smallest absolute Gasteiger partial charge is 0.255 e. The van der Waals surface area contributed by atoms with Gasteiger partial charge < -0.3 is 20.1 Å². The Morgan fingerprint density at radius 1 is 1.00 bits per heavy atom. The maximum absolute atomic E-state index is 12.8. The van der Waals surface area contributed by atoms with Gasteiger partial charge in [-0.25, -0.2) is 0 Å². The van der Waals surface area contributed by atoms with Crippen LogP contribution >= 0.6 is 11.6 Å². The molecule has 0 aliphatic carbocycles. The van der Waals surface area contributed by atoms with Crippen LogP contribution in [0.25, 0.3) is 0 Å². The predicted molar refractivity (Wildman–Crippen MR) is 115 cm³/mol. The highest BCUT2D eigenvalue weighted by Gasteiger charge is 2.18. The molecule has 0 aromatic heterocycles. The number of carbonyl (C=O) groups is 2. The summed E-state index contributed by atoms with van der Waals surface area (Å²) >= 11 is 6.34. The summed E-state index contributed by atoms with van der Waals surface area (Å²) in [6.45, 7) is 7.27. The number of para-hydroxylation sites is 1. The highest BCUT2D eigenvalue weighted by atomic mass is 35.5. The molecule has 0 aliphatic heterocycles. The van der Waals surface area contributed by atoms with Crippen molar-refractivity contribution in [2.24, 2.45) is 0 Å². The van der Waals surface area contributed by atoms with Crippen LogP contribution in [0.2, 0.25) is 5.02 Å². The molecule has 6 nitrogen and oxygen atoms in total. The number of halogens is 1. The lowest BCUT2D eigenvalue weighted by atomic mass is 10.1. The van der Waals surface area contributed by atoms with Crippen molar-refractivity contribution < 1.29 is 19.1 Å². The summed E-state index contributed by atoms with van der Waals surface area (Å²) in [5.41, 5.74) is 1.13. The number of hydrogen-bond acceptors (Lipinski definition) is 4. The van der Waals surface area contributed by atoms with E-state index in [0.29, 0.717) is 53.1 Å². The Morgan fingerprint density at radius 3 is 2.45 bits per heavy atom. The van der Waals surface area contributed by atoms with E-state index in [-0.39, 0.29) is 5.91 Å². The first kappa shape index (κ1) is 22.6. The van der Waals surface area contributed by atoms with Crippen molar-refractivity contribution in [2.45, 2.75) is 33.6 Å². The van der Waals surface area contributed by atoms with E-state index in [4.69, 9.17) is 21.1 Å². The maximum Gasteiger partial charge on any atom is 0.255 e. The van der Waals surface area contributed by atoms with Gasteiger partial charge in [0.2, 0.25) is 0 Å². The van der Waals surface area contributed by atoms with Crippen molar-refractivity contribution in [1.29, 1.82) is 0 Å². The average molecular weight is 419 g/mol. The zero-order valence-electron chi connectivity index (χ0n) is 17.0. The van der Waals surface area contributed by atoms with E-state index >= 15 is 0 Å². The second-order valence-electron chi connectivity index (χ2n) is 6.32. The molecule has 2 rings (SSSR count). The van der Waals surface area contributed by atoms with Gasteiger partial charge >= 0.3 is 0 Å². The molecule has 2 N–H and O–H groups in total. The zero-order chi connectivity index (χ0) is 21.2. The number of amides is 2. The van der Waals surface area contributed by atoms with Crippen LogP contribution in [0.1, 0.15) is 54.3 Å². The molecule has 0 saturated heterocycles. The minimum Gasteiger partial charge on any atom is -0.490 e. The monoisotopic (exact) mass is 418 g/mol. The Bertz CT molecular complexity index is 855. The minimum atomic E-state index is -0.398. The Balaban J connectivity index is 2.28. The number of carbonyl (C=O) groups excluding carboxylic acids is 2. The molecule has 0 bridgehead atoms. The lowest BCUT2D eigenvalue weighted by Crippen LogP contribution is -2.25. The quantitative estimate of drug-likeness (QED) is 0.574. The van der Waals surface area contributed by atoms with E-state index in [2.05, 4.69) is 10.6 Å². The molecule has 2 aromatic carbocycles. The van der Waals surface area contributed by atoms with Crippen LogP contribution in [0.15, 0.2) is 36.4 Å². The third-order valence-electron chi connectivity index (χ3n) is 3.98. The van der Waals surface area contributed by atoms with Crippen LogP contribution in [0.5, 0.6) is 11.5 Å². The molecule has 0 radical (unpaired) electrons. The van der Waals surface area contributed by atoms with Gasteiger partial charge in [0, 0.05) is 12.1 Å². The van der Waals surface area contributed by atoms with Crippen molar-refractivity contribution in [3.8, 4) is 11.5 Å². The molecule has 0 unspecified atom stereocenters. The Hall–Kier alpha value is -2.73. The molecule has 0 atom stereocenters. The standard InChI is InChI=1S/C22H27ClN2O4/c1-4-11-24-22(27)16-9-7-8-10-18(16)25-21(26)15-13-17(23)20(29-12-5-2)19(14-15)28-6-3/h7-10,13-14H,4-6,11-12H2,1-3H3,(H,24,27)(H,25,26). The van der Waals surface area contributed by atoms with Gasteiger partial charge in [-0.15, -0.1) is 0 Å². The van der Waals surface area contributed by atoms with Crippen LogP contribution in [-0.4, -0.2) is 31.6 Å². The molecule has 0 saturated carbocycles. The second kappa shape index (κ2) is 11.3. The summed E-state index contributed by atoms with van der Waals surface area (Å²) in [5.74, 6) is 0.198. The number of benzene rings is 2. The van der Waals surface area contributed by atoms with E-state index in [1.807, 2.05) is 20.8 Å². The van der Waals surface area contributed by atoms with Gasteiger partial charge in [-0.1, -0.05) is 37.6 Å². The summed E-state index contributed by atoms with van der Waals surface area (Å²) < 4.78 is 11.3. The largest absolute Gasteiger partial charge is 0.490 e. The van der Waals surface area contributed by atoms with Crippen molar-refractivity contribution >= 4 is 29.1 Å². The third-order valence-corrected chi connectivity index (χ3v) is 4.26. The van der Waals surface area contributed by atoms with Gasteiger partial charge in [-0.2, -0.15) is 0 Å². The van der Waals surface area contributed by atoms with Gasteiger partial charge in [0.05, 0.1) is 29.5 Å². The molecular weight excluding hydrogens is 392 g/mol. The van der Waals surface area contributed by atoms with E-state index < -0.39 is 5.91 Å². The van der Waals surface area contributed by atoms with Crippen molar-refractivity contribution in [2.75, 3.05) is 25.1 Å². The van der Waals surface area contributed by atoms with E-state index in [1.54, 1.807) is 30.3 Å². The van der Waals surface area contributed by atoms with Crippen LogP contribution < -0.4 is 20.1 Å². The van der Waals surface area contributed by atoms with Crippen LogP contribution in [0, 0.1) is 0 Å². The van der Waals surface area contributed by atoms with Gasteiger partial charge in [-0.3, -0.25) is 9.59 Å². The van der Waals surface area contributed by atoms with Gasteiger partial charge in [0.1, 0.15) is 0 Å². The molecule has 156 valence electrons. The number of ether oxygens (including phenoxy) is 2. The van der Waals surface area contributed by atoms with Crippen LogP contribution in [-0.2, 0) is 0 Å². The summed E-state index contributed by atoms with van der Waals surface area (Å²) in [6.07, 6.45) is 1.65. The zero-order valence-corrected chi connectivity index (χ0v) is 17.8. The number of nitrogens with one attached hydrogen (secondary N) is 2.